The normalized spacial score (nSPS) is 12.0. The van der Waals surface area contributed by atoms with E-state index in [0.29, 0.717) is 13.0 Å². The first kappa shape index (κ1) is 18.4. The summed E-state index contributed by atoms with van der Waals surface area (Å²) in [6, 6.07) is -0.277. The second kappa shape index (κ2) is 10.2. The lowest BCUT2D eigenvalue weighted by molar-refractivity contribution is -0.137. The molecule has 3 N–H and O–H groups in total. The van der Waals surface area contributed by atoms with Crippen LogP contribution in [0.3, 0.4) is 0 Å². The van der Waals surface area contributed by atoms with Gasteiger partial charge in [-0.1, -0.05) is 0 Å². The van der Waals surface area contributed by atoms with E-state index in [9.17, 15) is 14.4 Å². The smallest absolute Gasteiger partial charge is 0.305 e. The molecular weight excluding hydrogens is 265 g/mol. The lowest BCUT2D eigenvalue weighted by atomic mass is 10.1. The molecule has 0 radical (unpaired) electrons. The number of carboxylic acids is 1. The highest BCUT2D eigenvalue weighted by atomic mass is 16.4. The molecule has 0 saturated carbocycles. The standard InChI is InChI=1S/C13H25N3O4/c1-10(17)14-8-5-4-6-11(16(2)3)13(20)15-9-7-12(18)19/h11H,4-9H2,1-3H3,(H,14,17)(H,15,20)(H,18,19)/i1+1,9+1,14+1. The van der Waals surface area contributed by atoms with E-state index in [0.717, 1.165) is 12.8 Å². The van der Waals surface area contributed by atoms with Crippen molar-refractivity contribution >= 4 is 17.8 Å². The van der Waals surface area contributed by atoms with Crippen molar-refractivity contribution in [2.75, 3.05) is 27.2 Å². The van der Waals surface area contributed by atoms with Gasteiger partial charge in [0.1, 0.15) is 0 Å². The average molecular weight is 290 g/mol. The molecule has 0 aliphatic heterocycles. The molecule has 7 nitrogen and oxygen atoms in total. The van der Waals surface area contributed by atoms with Crippen LogP contribution in [-0.4, -0.2) is 61.0 Å². The highest BCUT2D eigenvalue weighted by Crippen LogP contribution is 2.06. The van der Waals surface area contributed by atoms with Gasteiger partial charge in [0.15, 0.2) is 0 Å². The van der Waals surface area contributed by atoms with Crippen molar-refractivity contribution in [2.24, 2.45) is 0 Å². The molecule has 0 bridgehead atoms. The highest BCUT2D eigenvalue weighted by Gasteiger charge is 2.19. The molecule has 1 atom stereocenters. The number of rotatable bonds is 10. The molecule has 116 valence electrons. The molecule has 0 aliphatic carbocycles. The zero-order valence-corrected chi connectivity index (χ0v) is 12.4. The molecule has 7 heteroatoms. The lowest BCUT2D eigenvalue weighted by Crippen LogP contribution is -2.44. The van der Waals surface area contributed by atoms with Crippen LogP contribution in [0.25, 0.3) is 0 Å². The Labute approximate surface area is 119 Å². The summed E-state index contributed by atoms with van der Waals surface area (Å²) in [5, 5.41) is 13.9. The second-order valence-corrected chi connectivity index (χ2v) is 4.89. The van der Waals surface area contributed by atoms with Crippen molar-refractivity contribution in [1.29, 1.82) is 0 Å². The number of aliphatic carboxylic acids is 1. The number of carbonyl (C=O) groups excluding carboxylic acids is 2. The number of carboxylic acid groups (broad SMARTS) is 1. The predicted molar refractivity (Wildman–Crippen MR) is 75.3 cm³/mol. The van der Waals surface area contributed by atoms with E-state index >= 15 is 0 Å². The summed E-state index contributed by atoms with van der Waals surface area (Å²) in [7, 11) is 3.63. The van der Waals surface area contributed by atoms with Crippen molar-refractivity contribution in [3.8, 4) is 0 Å². The molecule has 0 saturated heterocycles. The third kappa shape index (κ3) is 9.32. The Morgan fingerprint density at radius 1 is 1.10 bits per heavy atom. The number of unbranched alkanes of at least 4 members (excludes halogenated alkanes) is 1. The molecule has 0 aromatic heterocycles. The third-order valence-corrected chi connectivity index (χ3v) is 2.84. The van der Waals surface area contributed by atoms with Crippen molar-refractivity contribution < 1.29 is 19.5 Å². The first-order chi connectivity index (χ1) is 9.34. The quantitative estimate of drug-likeness (QED) is 0.294. The molecule has 0 rings (SSSR count). The number of amides is 2. The van der Waals surface area contributed by atoms with E-state index in [1.54, 1.807) is 0 Å². The Morgan fingerprint density at radius 2 is 1.75 bits per heavy atom. The van der Waals surface area contributed by atoms with Gasteiger partial charge in [-0.05, 0) is 33.4 Å². The second-order valence-electron chi connectivity index (χ2n) is 4.89. The van der Waals surface area contributed by atoms with Gasteiger partial charge in [0, 0.05) is 20.0 Å². The maximum atomic E-state index is 11.9. The third-order valence-electron chi connectivity index (χ3n) is 2.84. The maximum absolute atomic E-state index is 11.9. The number of hydrogen-bond donors (Lipinski definition) is 3. The van der Waals surface area contributed by atoms with Crippen LogP contribution in [-0.2, 0) is 14.4 Å². The van der Waals surface area contributed by atoms with Gasteiger partial charge in [-0.2, -0.15) is 0 Å². The van der Waals surface area contributed by atoms with E-state index in [2.05, 4.69) is 10.6 Å². The van der Waals surface area contributed by atoms with Gasteiger partial charge < -0.3 is 15.7 Å². The Kier molecular flexibility index (Phi) is 9.36. The monoisotopic (exact) mass is 290 g/mol. The summed E-state index contributed by atoms with van der Waals surface area (Å²) in [6.45, 7) is 2.22. The molecular formula is C13H25N3O4. The molecule has 0 heterocycles. The minimum Gasteiger partial charge on any atom is -0.481 e. The van der Waals surface area contributed by atoms with E-state index in [4.69, 9.17) is 5.11 Å². The number of carbonyl (C=O) groups is 3. The van der Waals surface area contributed by atoms with Gasteiger partial charge in [0.05, 0.1) is 12.5 Å². The zero-order valence-electron chi connectivity index (χ0n) is 12.4. The molecule has 1 unspecified atom stereocenters. The van der Waals surface area contributed by atoms with E-state index in [-0.39, 0.29) is 30.8 Å². The SMILES string of the molecule is CN(C)C(CCCC[15NH]C([13CH3])=O)C(=O)N[13CH2]CC(=O)O. The molecule has 0 fully saturated rings. The van der Waals surface area contributed by atoms with Crippen molar-refractivity contribution in [2.45, 2.75) is 38.6 Å². The summed E-state index contributed by atoms with van der Waals surface area (Å²) in [6.07, 6.45) is 2.22. The fraction of sp³-hybridized carbons (Fsp3) is 0.769. The van der Waals surface area contributed by atoms with E-state index in [1.807, 2.05) is 19.0 Å². The minimum atomic E-state index is -0.929. The van der Waals surface area contributed by atoms with E-state index in [1.165, 1.54) is 6.92 Å². The summed E-state index contributed by atoms with van der Waals surface area (Å²) in [4.78, 5) is 34.8. The average Bonchev–Trinajstić information content (AvgIpc) is 2.32. The Hall–Kier alpha value is -1.63. The Balaban J connectivity index is 3.99. The van der Waals surface area contributed by atoms with Gasteiger partial charge >= 0.3 is 5.97 Å². The Morgan fingerprint density at radius 3 is 2.25 bits per heavy atom. The van der Waals surface area contributed by atoms with E-state index < -0.39 is 5.97 Å². The van der Waals surface area contributed by atoms with Gasteiger partial charge in [-0.15, -0.1) is 0 Å². The number of likely N-dealkylation sites (N-methyl/N-ethyl adjacent to an activating group) is 1. The van der Waals surface area contributed by atoms with Crippen LogP contribution < -0.4 is 10.6 Å². The highest BCUT2D eigenvalue weighted by molar-refractivity contribution is 5.82. The number of nitrogens with one attached hydrogen (secondary N) is 2. The van der Waals surface area contributed by atoms with Crippen LogP contribution in [0.15, 0.2) is 0 Å². The van der Waals surface area contributed by atoms with Crippen molar-refractivity contribution in [1.82, 2.24) is 15.5 Å². The zero-order chi connectivity index (χ0) is 15.5. The summed E-state index contributed by atoms with van der Waals surface area (Å²) >= 11 is 0. The van der Waals surface area contributed by atoms with Crippen LogP contribution in [0.4, 0.5) is 0 Å². The fourth-order valence-electron chi connectivity index (χ4n) is 1.76. The van der Waals surface area contributed by atoms with Gasteiger partial charge in [-0.25, -0.2) is 0 Å². The minimum absolute atomic E-state index is 0.0550. The molecule has 2 amide bonds. The molecule has 20 heavy (non-hydrogen) atoms. The van der Waals surface area contributed by atoms with Gasteiger partial charge in [-0.3, -0.25) is 19.3 Å². The first-order valence-corrected chi connectivity index (χ1v) is 6.75. The largest absolute Gasteiger partial charge is 0.481 e. The van der Waals surface area contributed by atoms with Crippen molar-refractivity contribution in [3.05, 3.63) is 0 Å². The van der Waals surface area contributed by atoms with Crippen LogP contribution in [0.2, 0.25) is 0 Å². The van der Waals surface area contributed by atoms with Gasteiger partial charge in [0.25, 0.3) is 0 Å². The lowest BCUT2D eigenvalue weighted by Gasteiger charge is -2.23. The maximum Gasteiger partial charge on any atom is 0.305 e. The molecule has 0 aromatic rings. The molecule has 0 spiro atoms. The summed E-state index contributed by atoms with van der Waals surface area (Å²) in [5.41, 5.74) is 0. The summed E-state index contributed by atoms with van der Waals surface area (Å²) < 4.78 is 0. The fourth-order valence-corrected chi connectivity index (χ4v) is 1.76. The number of hydrogen-bond acceptors (Lipinski definition) is 4. The van der Waals surface area contributed by atoms with Crippen LogP contribution >= 0.6 is 0 Å². The number of nitrogens with zero attached hydrogens (tertiary/aromatic N) is 1. The molecule has 0 aromatic carbocycles. The predicted octanol–water partition coefficient (Wildman–Crippen LogP) is -0.186. The molecule has 0 aliphatic rings. The van der Waals surface area contributed by atoms with Crippen LogP contribution in [0, 0.1) is 0 Å². The first-order valence-electron chi connectivity index (χ1n) is 6.75. The van der Waals surface area contributed by atoms with Crippen molar-refractivity contribution in [3.63, 3.8) is 0 Å². The van der Waals surface area contributed by atoms with Crippen LogP contribution in [0.5, 0.6) is 0 Å². The van der Waals surface area contributed by atoms with Crippen LogP contribution in [0.1, 0.15) is 32.6 Å². The van der Waals surface area contributed by atoms with Gasteiger partial charge in [0.2, 0.25) is 11.8 Å². The summed E-state index contributed by atoms with van der Waals surface area (Å²) in [5.74, 6) is -1.14. The topological polar surface area (TPSA) is 98.7 Å². The Bertz CT molecular complexity index is 332.